The van der Waals surface area contributed by atoms with Crippen LogP contribution in [0.4, 0.5) is 5.82 Å². The van der Waals surface area contributed by atoms with E-state index in [2.05, 4.69) is 10.3 Å². The fraction of sp³-hybridized carbons (Fsp3) is 0.333. The van der Waals surface area contributed by atoms with E-state index < -0.39 is 0 Å². The van der Waals surface area contributed by atoms with Crippen LogP contribution < -0.4 is 11.0 Å². The summed E-state index contributed by atoms with van der Waals surface area (Å²) in [5.74, 6) is 0.679. The van der Waals surface area contributed by atoms with E-state index in [4.69, 9.17) is 0 Å². The zero-order valence-corrected chi connectivity index (χ0v) is 5.37. The molecule has 0 amide bonds. The summed E-state index contributed by atoms with van der Waals surface area (Å²) in [6, 6.07) is 1.80. The quantitative estimate of drug-likeness (QED) is 0.532. The minimum absolute atomic E-state index is 0.164. The van der Waals surface area contributed by atoms with Crippen LogP contribution in [0.2, 0.25) is 0 Å². The van der Waals surface area contributed by atoms with E-state index in [0.29, 0.717) is 12.4 Å². The third-order valence-electron chi connectivity index (χ3n) is 1.53. The predicted molar refractivity (Wildman–Crippen MR) is 37.0 cm³/mol. The Balaban J connectivity index is 2.70. The van der Waals surface area contributed by atoms with Crippen LogP contribution in [0, 0.1) is 0 Å². The SMILES string of the molecule is O=c1nc2ccn1CCN2. The van der Waals surface area contributed by atoms with Crippen molar-refractivity contribution >= 4 is 5.82 Å². The van der Waals surface area contributed by atoms with E-state index in [1.54, 1.807) is 16.8 Å². The molecule has 0 atom stereocenters. The first-order valence-corrected chi connectivity index (χ1v) is 3.17. The largest absolute Gasteiger partial charge is 0.368 e. The highest BCUT2D eigenvalue weighted by atomic mass is 16.1. The maximum Gasteiger partial charge on any atom is 0.349 e. The first-order chi connectivity index (χ1) is 4.86. The summed E-state index contributed by atoms with van der Waals surface area (Å²) in [7, 11) is 0. The molecule has 0 radical (unpaired) electrons. The second-order valence-electron chi connectivity index (χ2n) is 2.22. The van der Waals surface area contributed by atoms with Gasteiger partial charge >= 0.3 is 5.69 Å². The smallest absolute Gasteiger partial charge is 0.349 e. The molecule has 10 heavy (non-hydrogen) atoms. The van der Waals surface area contributed by atoms with Gasteiger partial charge in [0.25, 0.3) is 0 Å². The molecule has 0 spiro atoms. The molecule has 0 saturated heterocycles. The Morgan fingerprint density at radius 2 is 2.60 bits per heavy atom. The zero-order valence-electron chi connectivity index (χ0n) is 5.37. The van der Waals surface area contributed by atoms with Gasteiger partial charge in [-0.2, -0.15) is 4.98 Å². The van der Waals surface area contributed by atoms with E-state index in [1.807, 2.05) is 0 Å². The van der Waals surface area contributed by atoms with Gasteiger partial charge in [-0.3, -0.25) is 4.57 Å². The fourth-order valence-corrected chi connectivity index (χ4v) is 1.00. The number of rotatable bonds is 0. The summed E-state index contributed by atoms with van der Waals surface area (Å²) in [4.78, 5) is 14.7. The number of hydrogen-bond acceptors (Lipinski definition) is 3. The van der Waals surface area contributed by atoms with Gasteiger partial charge in [-0.1, -0.05) is 0 Å². The Labute approximate surface area is 57.5 Å². The van der Waals surface area contributed by atoms with E-state index in [-0.39, 0.29) is 5.69 Å². The number of aromatic nitrogens is 2. The molecule has 52 valence electrons. The fourth-order valence-electron chi connectivity index (χ4n) is 1.00. The average Bonchev–Trinajstić information content (AvgIpc) is 2.20. The summed E-state index contributed by atoms with van der Waals surface area (Å²) in [5, 5.41) is 3.00. The molecule has 2 aliphatic rings. The van der Waals surface area contributed by atoms with Crippen molar-refractivity contribution in [3.05, 3.63) is 22.7 Å². The van der Waals surface area contributed by atoms with Gasteiger partial charge < -0.3 is 5.32 Å². The second-order valence-corrected chi connectivity index (χ2v) is 2.22. The third kappa shape index (κ3) is 0.689. The molecule has 4 heteroatoms. The predicted octanol–water partition coefficient (Wildman–Crippen LogP) is -0.331. The lowest BCUT2D eigenvalue weighted by Crippen LogP contribution is -2.20. The van der Waals surface area contributed by atoms with Gasteiger partial charge in [0.05, 0.1) is 0 Å². The average molecular weight is 137 g/mol. The Bertz CT molecular complexity index is 304. The summed E-state index contributed by atoms with van der Waals surface area (Å²) < 4.78 is 1.59. The topological polar surface area (TPSA) is 46.9 Å². The van der Waals surface area contributed by atoms with Crippen molar-refractivity contribution in [2.24, 2.45) is 0 Å². The normalized spacial score (nSPS) is 14.4. The molecule has 0 saturated carbocycles. The van der Waals surface area contributed by atoms with Crippen molar-refractivity contribution in [3.63, 3.8) is 0 Å². The number of nitrogens with zero attached hydrogens (tertiary/aromatic N) is 2. The van der Waals surface area contributed by atoms with Crippen LogP contribution in [0.3, 0.4) is 0 Å². The van der Waals surface area contributed by atoms with Gasteiger partial charge in [0, 0.05) is 19.3 Å². The van der Waals surface area contributed by atoms with Crippen molar-refractivity contribution in [1.29, 1.82) is 0 Å². The number of fused-ring (bicyclic) bond motifs is 4. The van der Waals surface area contributed by atoms with Crippen molar-refractivity contribution in [2.45, 2.75) is 6.54 Å². The van der Waals surface area contributed by atoms with Crippen LogP contribution in [0.15, 0.2) is 17.1 Å². The highest BCUT2D eigenvalue weighted by molar-refractivity contribution is 5.32. The second kappa shape index (κ2) is 1.83. The maximum atomic E-state index is 10.9. The lowest BCUT2D eigenvalue weighted by atomic mass is 10.6. The molecule has 4 nitrogen and oxygen atoms in total. The molecular weight excluding hydrogens is 130 g/mol. The van der Waals surface area contributed by atoms with Gasteiger partial charge in [0.15, 0.2) is 0 Å². The van der Waals surface area contributed by atoms with Crippen LogP contribution in [-0.4, -0.2) is 16.1 Å². The van der Waals surface area contributed by atoms with Crippen LogP contribution in [-0.2, 0) is 6.54 Å². The number of hydrogen-bond donors (Lipinski definition) is 1. The van der Waals surface area contributed by atoms with Crippen LogP contribution in [0.5, 0.6) is 0 Å². The van der Waals surface area contributed by atoms with Crippen molar-refractivity contribution in [3.8, 4) is 0 Å². The van der Waals surface area contributed by atoms with E-state index >= 15 is 0 Å². The van der Waals surface area contributed by atoms with Gasteiger partial charge in [0.2, 0.25) is 0 Å². The van der Waals surface area contributed by atoms with Crippen LogP contribution >= 0.6 is 0 Å². The Kier molecular flexibility index (Phi) is 1.00. The van der Waals surface area contributed by atoms with Crippen LogP contribution in [0.1, 0.15) is 0 Å². The molecule has 0 aliphatic carbocycles. The molecule has 0 fully saturated rings. The first-order valence-electron chi connectivity index (χ1n) is 3.17. The summed E-state index contributed by atoms with van der Waals surface area (Å²) in [6.45, 7) is 1.50. The molecule has 2 bridgehead atoms. The molecule has 2 aliphatic heterocycles. The van der Waals surface area contributed by atoms with Crippen molar-refractivity contribution in [1.82, 2.24) is 9.55 Å². The lowest BCUT2D eigenvalue weighted by molar-refractivity contribution is 0.699. The molecule has 1 aromatic heterocycles. The zero-order chi connectivity index (χ0) is 6.97. The van der Waals surface area contributed by atoms with Gasteiger partial charge in [-0.05, 0) is 6.07 Å². The highest BCUT2D eigenvalue weighted by Gasteiger charge is 2.03. The lowest BCUT2D eigenvalue weighted by Gasteiger charge is -1.94. The first kappa shape index (κ1) is 5.46. The molecule has 1 N–H and O–H groups in total. The summed E-state index contributed by atoms with van der Waals surface area (Å²) >= 11 is 0. The van der Waals surface area contributed by atoms with Crippen LogP contribution in [0.25, 0.3) is 0 Å². The Morgan fingerprint density at radius 3 is 3.40 bits per heavy atom. The standard InChI is InChI=1S/C6H7N3O/c10-6-8-5-1-3-9(6)4-2-7-5/h1,3H,2,4H2,(H,7,8,10). The van der Waals surface area contributed by atoms with Crippen molar-refractivity contribution in [2.75, 3.05) is 11.9 Å². The van der Waals surface area contributed by atoms with E-state index in [9.17, 15) is 4.79 Å². The molecule has 3 rings (SSSR count). The maximum absolute atomic E-state index is 10.9. The van der Waals surface area contributed by atoms with E-state index in [0.717, 1.165) is 6.54 Å². The monoisotopic (exact) mass is 137 g/mol. The number of nitrogens with one attached hydrogen (secondary N) is 1. The van der Waals surface area contributed by atoms with E-state index in [1.165, 1.54) is 0 Å². The minimum atomic E-state index is -0.164. The van der Waals surface area contributed by atoms with Gasteiger partial charge in [-0.15, -0.1) is 0 Å². The minimum Gasteiger partial charge on any atom is -0.368 e. The molecule has 0 unspecified atom stereocenters. The third-order valence-corrected chi connectivity index (χ3v) is 1.53. The highest BCUT2D eigenvalue weighted by Crippen LogP contribution is 2.00. The molecule has 3 heterocycles. The van der Waals surface area contributed by atoms with Gasteiger partial charge in [0.1, 0.15) is 5.82 Å². The molecule has 1 aromatic rings. The molecule has 0 aromatic carbocycles. The van der Waals surface area contributed by atoms with Crippen molar-refractivity contribution < 1.29 is 0 Å². The van der Waals surface area contributed by atoms with Gasteiger partial charge in [-0.25, -0.2) is 4.79 Å². The summed E-state index contributed by atoms with van der Waals surface area (Å²) in [5.41, 5.74) is -0.164. The number of anilines is 1. The molecular formula is C6H7N3O. The summed E-state index contributed by atoms with van der Waals surface area (Å²) in [6.07, 6.45) is 1.75. The Hall–Kier alpha value is -1.32. The Morgan fingerprint density at radius 1 is 1.70 bits per heavy atom.